The van der Waals surface area contributed by atoms with Crippen LogP contribution in [0.1, 0.15) is 87.0 Å². The Kier molecular flexibility index (Phi) is 16.4. The molecule has 29 heavy (non-hydrogen) atoms. The highest BCUT2D eigenvalue weighted by molar-refractivity contribution is 4.71. The first-order valence-corrected chi connectivity index (χ1v) is 11.7. The first-order valence-electron chi connectivity index (χ1n) is 11.7. The number of hydrogen-bond donors (Lipinski definition) is 1. The van der Waals surface area contributed by atoms with Crippen LogP contribution in [0.15, 0.2) is 0 Å². The predicted molar refractivity (Wildman–Crippen MR) is 122 cm³/mol. The minimum Gasteiger partial charge on any atom is -0.379 e. The minimum atomic E-state index is -0.0489. The number of nitrogens with two attached hydrogens (primary N) is 1. The molecule has 5 unspecified atom stereocenters. The highest BCUT2D eigenvalue weighted by Gasteiger charge is 2.20. The third kappa shape index (κ3) is 17.2. The van der Waals surface area contributed by atoms with Crippen molar-refractivity contribution < 1.29 is 18.9 Å². The lowest BCUT2D eigenvalue weighted by molar-refractivity contribution is -0.00622. The fourth-order valence-electron chi connectivity index (χ4n) is 3.84. The zero-order valence-electron chi connectivity index (χ0n) is 20.7. The molecule has 0 aliphatic rings. The Balaban J connectivity index is 3.81. The summed E-state index contributed by atoms with van der Waals surface area (Å²) in [4.78, 5) is 0. The van der Waals surface area contributed by atoms with Crippen LogP contribution < -0.4 is 5.73 Å². The van der Waals surface area contributed by atoms with Gasteiger partial charge in [0.15, 0.2) is 0 Å². The van der Waals surface area contributed by atoms with E-state index in [1.807, 2.05) is 0 Å². The van der Waals surface area contributed by atoms with Crippen LogP contribution in [0, 0.1) is 17.8 Å². The fourth-order valence-corrected chi connectivity index (χ4v) is 3.84. The van der Waals surface area contributed by atoms with Gasteiger partial charge in [-0.2, -0.15) is 0 Å². The van der Waals surface area contributed by atoms with E-state index < -0.39 is 0 Å². The molecule has 0 aromatic heterocycles. The maximum atomic E-state index is 6.06. The topological polar surface area (TPSA) is 62.9 Å². The van der Waals surface area contributed by atoms with Gasteiger partial charge in [0.2, 0.25) is 0 Å². The number of methoxy groups -OCH3 is 1. The number of hydrogen-bond acceptors (Lipinski definition) is 5. The van der Waals surface area contributed by atoms with Gasteiger partial charge in [0, 0.05) is 26.9 Å². The largest absolute Gasteiger partial charge is 0.379 e. The lowest BCUT2D eigenvalue weighted by atomic mass is 9.92. The number of rotatable bonds is 19. The summed E-state index contributed by atoms with van der Waals surface area (Å²) >= 11 is 0. The van der Waals surface area contributed by atoms with Crippen LogP contribution in [0.2, 0.25) is 0 Å². The summed E-state index contributed by atoms with van der Waals surface area (Å²) in [5.74, 6) is 1.81. The third-order valence-corrected chi connectivity index (χ3v) is 5.76. The molecule has 5 nitrogen and oxygen atoms in total. The maximum Gasteiger partial charge on any atom is 0.0940 e. The zero-order valence-corrected chi connectivity index (χ0v) is 20.7. The molecule has 0 saturated carbocycles. The SMILES string of the molecule is COC(C)(C)CC(C)CCOC(C)CC(C)CCOC(C)CC(C)CCOCN. The van der Waals surface area contributed by atoms with E-state index in [9.17, 15) is 0 Å². The van der Waals surface area contributed by atoms with Crippen LogP contribution in [0.5, 0.6) is 0 Å². The molecule has 0 aliphatic carbocycles. The number of ether oxygens (including phenoxy) is 4. The average Bonchev–Trinajstić information content (AvgIpc) is 2.61. The predicted octanol–water partition coefficient (Wildman–Crippen LogP) is 5.40. The van der Waals surface area contributed by atoms with Gasteiger partial charge in [-0.25, -0.2) is 0 Å². The molecule has 0 aromatic rings. The monoisotopic (exact) mass is 417 g/mol. The summed E-state index contributed by atoms with van der Waals surface area (Å²) in [6.45, 7) is 18.2. The lowest BCUT2D eigenvalue weighted by Gasteiger charge is -2.27. The van der Waals surface area contributed by atoms with Gasteiger partial charge in [-0.05, 0) is 84.0 Å². The van der Waals surface area contributed by atoms with Crippen LogP contribution in [0.25, 0.3) is 0 Å². The van der Waals surface area contributed by atoms with Crippen LogP contribution in [0.3, 0.4) is 0 Å². The van der Waals surface area contributed by atoms with Crippen molar-refractivity contribution >= 4 is 0 Å². The summed E-state index contributed by atoms with van der Waals surface area (Å²) in [6, 6.07) is 0. The quantitative estimate of drug-likeness (QED) is 0.225. The van der Waals surface area contributed by atoms with Crippen molar-refractivity contribution in [3.63, 3.8) is 0 Å². The highest BCUT2D eigenvalue weighted by Crippen LogP contribution is 2.22. The Bertz CT molecular complexity index is 378. The van der Waals surface area contributed by atoms with Gasteiger partial charge >= 0.3 is 0 Å². The van der Waals surface area contributed by atoms with E-state index in [-0.39, 0.29) is 5.60 Å². The second kappa shape index (κ2) is 16.5. The summed E-state index contributed by atoms with van der Waals surface area (Å²) in [7, 11) is 1.79. The van der Waals surface area contributed by atoms with Crippen LogP contribution in [-0.4, -0.2) is 51.5 Å². The molecule has 0 rings (SSSR count). The van der Waals surface area contributed by atoms with Crippen LogP contribution in [0.4, 0.5) is 0 Å². The van der Waals surface area contributed by atoms with Crippen molar-refractivity contribution in [3.8, 4) is 0 Å². The van der Waals surface area contributed by atoms with E-state index in [1.54, 1.807) is 7.11 Å². The lowest BCUT2D eigenvalue weighted by Crippen LogP contribution is -2.26. The van der Waals surface area contributed by atoms with Crippen LogP contribution >= 0.6 is 0 Å². The first kappa shape index (κ1) is 28.8. The summed E-state index contributed by atoms with van der Waals surface area (Å²) in [6.07, 6.45) is 7.02. The Morgan fingerprint density at radius 1 is 0.724 bits per heavy atom. The molecule has 5 atom stereocenters. The smallest absolute Gasteiger partial charge is 0.0940 e. The highest BCUT2D eigenvalue weighted by atomic mass is 16.5. The molecule has 5 heteroatoms. The van der Waals surface area contributed by atoms with Gasteiger partial charge in [-0.15, -0.1) is 0 Å². The van der Waals surface area contributed by atoms with Crippen molar-refractivity contribution in [2.75, 3.05) is 33.7 Å². The standard InChI is InChI=1S/C24H51NO4/c1-19(9-12-27-18-25)15-22(4)28-13-10-20(2)16-23(5)29-14-11-21(3)17-24(6,7)26-8/h19-23H,9-18,25H2,1-8H3. The molecule has 0 radical (unpaired) electrons. The molecule has 0 heterocycles. The molecular weight excluding hydrogens is 366 g/mol. The zero-order chi connectivity index (χ0) is 22.3. The van der Waals surface area contributed by atoms with E-state index >= 15 is 0 Å². The van der Waals surface area contributed by atoms with Crippen molar-refractivity contribution in [2.24, 2.45) is 23.5 Å². The summed E-state index contributed by atoms with van der Waals surface area (Å²) in [5.41, 5.74) is 5.30. The minimum absolute atomic E-state index is 0.0489. The second-order valence-corrected chi connectivity index (χ2v) is 9.76. The van der Waals surface area contributed by atoms with E-state index in [0.29, 0.717) is 36.7 Å². The molecular formula is C24H51NO4. The normalized spacial score (nSPS) is 17.7. The van der Waals surface area contributed by atoms with Gasteiger partial charge in [0.1, 0.15) is 0 Å². The maximum absolute atomic E-state index is 6.06. The Hall–Kier alpha value is -0.200. The van der Waals surface area contributed by atoms with E-state index in [0.717, 1.165) is 58.3 Å². The molecule has 0 saturated heterocycles. The molecule has 0 bridgehead atoms. The molecule has 0 fully saturated rings. The van der Waals surface area contributed by atoms with Crippen molar-refractivity contribution in [3.05, 3.63) is 0 Å². The van der Waals surface area contributed by atoms with Crippen molar-refractivity contribution in [2.45, 2.75) is 105 Å². The van der Waals surface area contributed by atoms with Crippen LogP contribution in [-0.2, 0) is 18.9 Å². The van der Waals surface area contributed by atoms with Gasteiger partial charge < -0.3 is 24.7 Å². The Morgan fingerprint density at radius 2 is 1.17 bits per heavy atom. The fraction of sp³-hybridized carbons (Fsp3) is 1.00. The van der Waals surface area contributed by atoms with Crippen molar-refractivity contribution in [1.82, 2.24) is 0 Å². The Morgan fingerprint density at radius 3 is 1.62 bits per heavy atom. The molecule has 2 N–H and O–H groups in total. The van der Waals surface area contributed by atoms with E-state index in [2.05, 4.69) is 48.5 Å². The van der Waals surface area contributed by atoms with Gasteiger partial charge in [-0.3, -0.25) is 0 Å². The van der Waals surface area contributed by atoms with E-state index in [4.69, 9.17) is 24.7 Å². The molecule has 176 valence electrons. The molecule has 0 aliphatic heterocycles. The van der Waals surface area contributed by atoms with Gasteiger partial charge in [0.25, 0.3) is 0 Å². The molecule has 0 spiro atoms. The first-order chi connectivity index (χ1) is 13.6. The Labute approximate surface area is 181 Å². The van der Waals surface area contributed by atoms with E-state index in [1.165, 1.54) is 0 Å². The summed E-state index contributed by atoms with van der Waals surface area (Å²) in [5, 5.41) is 0. The third-order valence-electron chi connectivity index (χ3n) is 5.76. The second-order valence-electron chi connectivity index (χ2n) is 9.76. The summed E-state index contributed by atoms with van der Waals surface area (Å²) < 4.78 is 22.8. The van der Waals surface area contributed by atoms with Crippen molar-refractivity contribution in [1.29, 1.82) is 0 Å². The van der Waals surface area contributed by atoms with Gasteiger partial charge in [0.05, 0.1) is 24.5 Å². The van der Waals surface area contributed by atoms with Gasteiger partial charge in [-0.1, -0.05) is 20.8 Å². The molecule has 0 amide bonds. The average molecular weight is 418 g/mol. The molecule has 0 aromatic carbocycles.